The molecular formula is C24H18N4O2P2. The van der Waals surface area contributed by atoms with Gasteiger partial charge >= 0.3 is 0 Å². The van der Waals surface area contributed by atoms with E-state index < -0.39 is 0 Å². The number of carbonyl (C=O) groups is 2. The maximum atomic E-state index is 10.7. The molecule has 2 unspecified atom stereocenters. The molecule has 2 aromatic heterocycles. The number of hydrogen-bond acceptors (Lipinski definition) is 4. The molecular weight excluding hydrogens is 438 g/mol. The molecule has 0 amide bonds. The Morgan fingerprint density at radius 3 is 1.66 bits per heavy atom. The average molecular weight is 456 g/mol. The Morgan fingerprint density at radius 1 is 0.594 bits per heavy atom. The molecule has 0 fully saturated rings. The topological polar surface area (TPSA) is 91.5 Å². The average Bonchev–Trinajstić information content (AvgIpc) is 3.49. The highest BCUT2D eigenvalue weighted by atomic mass is 31.1. The molecule has 0 saturated carbocycles. The first kappa shape index (κ1) is 20.4. The first-order chi connectivity index (χ1) is 15.7. The molecule has 6 nitrogen and oxygen atoms in total. The van der Waals surface area contributed by atoms with E-state index >= 15 is 0 Å². The van der Waals surface area contributed by atoms with Crippen LogP contribution in [0.25, 0.3) is 44.4 Å². The van der Waals surface area contributed by atoms with E-state index in [1.165, 1.54) is 0 Å². The first-order valence-corrected chi connectivity index (χ1v) is 12.0. The van der Waals surface area contributed by atoms with Crippen molar-refractivity contribution in [3.8, 4) is 33.6 Å². The summed E-state index contributed by atoms with van der Waals surface area (Å²) in [4.78, 5) is 36.3. The Hall–Kier alpha value is -3.46. The van der Waals surface area contributed by atoms with Crippen molar-refractivity contribution in [2.24, 2.45) is 0 Å². The van der Waals surface area contributed by atoms with Gasteiger partial charge in [0.05, 0.1) is 23.8 Å². The molecule has 156 valence electrons. The highest BCUT2D eigenvalue weighted by molar-refractivity contribution is 7.62. The second-order valence-corrected chi connectivity index (χ2v) is 9.17. The van der Waals surface area contributed by atoms with Crippen molar-refractivity contribution in [1.82, 2.24) is 19.9 Å². The number of benzene rings is 3. The Balaban J connectivity index is 1.40. The summed E-state index contributed by atoms with van der Waals surface area (Å²) in [6.45, 7) is 0. The molecule has 0 bridgehead atoms. The van der Waals surface area contributed by atoms with Gasteiger partial charge in [-0.25, -0.2) is 9.97 Å². The van der Waals surface area contributed by atoms with Gasteiger partial charge in [0.2, 0.25) is 0 Å². The molecule has 2 N–H and O–H groups in total. The largest absolute Gasteiger partial charge is 0.338 e. The van der Waals surface area contributed by atoms with Crippen LogP contribution in [0, 0.1) is 0 Å². The summed E-state index contributed by atoms with van der Waals surface area (Å²) in [5.74, 6) is 0. The summed E-state index contributed by atoms with van der Waals surface area (Å²) in [6, 6.07) is 22.7. The number of fused-ring (bicyclic) bond motifs is 1. The summed E-state index contributed by atoms with van der Waals surface area (Å²) in [7, 11) is 0.0834. The summed E-state index contributed by atoms with van der Waals surface area (Å²) in [5, 5.41) is 2.29. The fourth-order valence-electron chi connectivity index (χ4n) is 3.63. The zero-order valence-electron chi connectivity index (χ0n) is 16.8. The molecule has 2 atom stereocenters. The van der Waals surface area contributed by atoms with Crippen LogP contribution in [0.5, 0.6) is 0 Å². The SMILES string of the molecule is O=CPc1ncc(-c2ccc(-c3ccc4cc(-c5cnc(PC=O)[nH]5)ccc4c3)cc2)[nH]1. The molecule has 0 saturated heterocycles. The molecule has 32 heavy (non-hydrogen) atoms. The van der Waals surface area contributed by atoms with Gasteiger partial charge < -0.3 is 9.97 Å². The van der Waals surface area contributed by atoms with Gasteiger partial charge in [0.25, 0.3) is 0 Å². The maximum absolute atomic E-state index is 10.7. The summed E-state index contributed by atoms with van der Waals surface area (Å²) in [6.07, 6.45) is 3.53. The molecule has 2 heterocycles. The molecule has 3 aromatic carbocycles. The number of hydrogen-bond donors (Lipinski definition) is 2. The minimum absolute atomic E-state index is 0.0406. The third-order valence-electron chi connectivity index (χ3n) is 5.22. The number of nitrogens with zero attached hydrogens (tertiary/aromatic N) is 2. The minimum atomic E-state index is 0.0406. The van der Waals surface area contributed by atoms with Crippen molar-refractivity contribution in [2.45, 2.75) is 0 Å². The number of carbonyl (C=O) groups excluding carboxylic acids is 2. The zero-order chi connectivity index (χ0) is 21.9. The van der Waals surface area contributed by atoms with Crippen molar-refractivity contribution in [2.75, 3.05) is 0 Å². The summed E-state index contributed by atoms with van der Waals surface area (Å²) < 4.78 is 0. The number of rotatable bonds is 7. The second-order valence-electron chi connectivity index (χ2n) is 7.17. The highest BCUT2D eigenvalue weighted by Crippen LogP contribution is 2.29. The highest BCUT2D eigenvalue weighted by Gasteiger charge is 2.07. The molecule has 0 aliphatic heterocycles. The lowest BCUT2D eigenvalue weighted by atomic mass is 9.98. The van der Waals surface area contributed by atoms with Crippen LogP contribution >= 0.6 is 17.2 Å². The zero-order valence-corrected chi connectivity index (χ0v) is 18.8. The molecule has 0 spiro atoms. The van der Waals surface area contributed by atoms with Gasteiger partial charge in [-0.05, 0) is 39.6 Å². The lowest BCUT2D eigenvalue weighted by Crippen LogP contribution is -1.97. The number of H-pyrrole nitrogens is 2. The van der Waals surface area contributed by atoms with E-state index in [1.807, 2.05) is 0 Å². The molecule has 5 rings (SSSR count). The molecule has 0 aliphatic rings. The Kier molecular flexibility index (Phi) is 5.72. The summed E-state index contributed by atoms with van der Waals surface area (Å²) in [5.41, 5.74) is 7.55. The van der Waals surface area contributed by atoms with Crippen molar-refractivity contribution < 1.29 is 9.59 Å². The van der Waals surface area contributed by atoms with Crippen LogP contribution in [0.4, 0.5) is 0 Å². The third kappa shape index (κ3) is 4.16. The monoisotopic (exact) mass is 456 g/mol. The quantitative estimate of drug-likeness (QED) is 0.283. The Labute approximate surface area is 187 Å². The predicted octanol–water partition coefficient (Wildman–Crippen LogP) is 4.28. The smallest absolute Gasteiger partial charge is 0.146 e. The van der Waals surface area contributed by atoms with Crippen LogP contribution in [-0.4, -0.2) is 32.0 Å². The van der Waals surface area contributed by atoms with Crippen LogP contribution in [0.1, 0.15) is 0 Å². The fraction of sp³-hybridized carbons (Fsp3) is 0. The summed E-state index contributed by atoms with van der Waals surface area (Å²) >= 11 is 0. The van der Waals surface area contributed by atoms with Crippen LogP contribution in [0.2, 0.25) is 0 Å². The van der Waals surface area contributed by atoms with Gasteiger partial charge in [0.15, 0.2) is 0 Å². The van der Waals surface area contributed by atoms with Crippen molar-refractivity contribution in [3.05, 3.63) is 73.1 Å². The Bertz CT molecular complexity index is 1420. The molecule has 0 radical (unpaired) electrons. The standard InChI is InChI=1S/C24H18N4O2P2/c29-13-31-23-25-11-21(27-23)16-3-1-15(2-4-16)17-5-6-19-10-20(8-7-18(19)9-17)22-12-26-24(28-22)32-14-30/h1-14,31-32H,(H,25,27)(H,26,28). The lowest BCUT2D eigenvalue weighted by Gasteiger charge is -2.07. The minimum Gasteiger partial charge on any atom is -0.338 e. The Morgan fingerprint density at radius 2 is 1.06 bits per heavy atom. The van der Waals surface area contributed by atoms with E-state index in [9.17, 15) is 9.59 Å². The van der Waals surface area contributed by atoms with E-state index in [-0.39, 0.29) is 17.2 Å². The van der Waals surface area contributed by atoms with Crippen LogP contribution in [-0.2, 0) is 9.59 Å². The van der Waals surface area contributed by atoms with Gasteiger partial charge in [-0.3, -0.25) is 9.59 Å². The normalized spacial score (nSPS) is 11.8. The van der Waals surface area contributed by atoms with Crippen LogP contribution in [0.15, 0.2) is 73.1 Å². The number of nitrogens with one attached hydrogen (secondary N) is 2. The van der Waals surface area contributed by atoms with Gasteiger partial charge in [0, 0.05) is 22.7 Å². The van der Waals surface area contributed by atoms with Crippen molar-refractivity contribution >= 4 is 51.1 Å². The van der Waals surface area contributed by atoms with E-state index in [0.717, 1.165) is 56.5 Å². The van der Waals surface area contributed by atoms with E-state index in [1.54, 1.807) is 12.4 Å². The van der Waals surface area contributed by atoms with Gasteiger partial charge in [0.1, 0.15) is 23.2 Å². The third-order valence-corrected chi connectivity index (χ3v) is 6.51. The lowest BCUT2D eigenvalue weighted by molar-refractivity contribution is 0.569. The predicted molar refractivity (Wildman–Crippen MR) is 134 cm³/mol. The number of imidazole rings is 2. The number of aromatic nitrogens is 4. The second kappa shape index (κ2) is 8.96. The van der Waals surface area contributed by atoms with E-state index in [2.05, 4.69) is 80.6 Å². The fourth-order valence-corrected chi connectivity index (χ4v) is 4.54. The molecule has 5 aromatic rings. The van der Waals surface area contributed by atoms with Crippen LogP contribution < -0.4 is 11.1 Å². The molecule has 0 aliphatic carbocycles. The van der Waals surface area contributed by atoms with Gasteiger partial charge in [-0.15, -0.1) is 0 Å². The van der Waals surface area contributed by atoms with Crippen LogP contribution in [0.3, 0.4) is 0 Å². The van der Waals surface area contributed by atoms with E-state index in [0.29, 0.717) is 11.1 Å². The van der Waals surface area contributed by atoms with Gasteiger partial charge in [-0.1, -0.05) is 48.5 Å². The van der Waals surface area contributed by atoms with Crippen molar-refractivity contribution in [1.29, 1.82) is 0 Å². The number of aromatic amines is 2. The first-order valence-electron chi connectivity index (χ1n) is 9.89. The van der Waals surface area contributed by atoms with Gasteiger partial charge in [-0.2, -0.15) is 0 Å². The van der Waals surface area contributed by atoms with Crippen molar-refractivity contribution in [3.63, 3.8) is 0 Å². The molecule has 8 heteroatoms. The van der Waals surface area contributed by atoms with E-state index in [4.69, 9.17) is 0 Å². The maximum Gasteiger partial charge on any atom is 0.146 e.